The van der Waals surface area contributed by atoms with Crippen molar-refractivity contribution in [3.8, 4) is 11.1 Å². The molecule has 306 valence electrons. The molecule has 2 heteroatoms. The number of hydrogen-bond acceptors (Lipinski definition) is 2. The molecule has 0 saturated carbocycles. The Morgan fingerprint density at radius 3 is 2.27 bits per heavy atom. The Balaban J connectivity index is 1.02. The van der Waals surface area contributed by atoms with Crippen LogP contribution < -0.4 is 14.7 Å². The first-order chi connectivity index (χ1) is 31.3. The number of nitrogens with zero attached hydrogens (tertiary/aromatic N) is 1. The molecule has 6 aliphatic carbocycles. The van der Waals surface area contributed by atoms with Crippen molar-refractivity contribution in [3.05, 3.63) is 241 Å². The Hall–Kier alpha value is -6.22. The molecule has 1 aromatic heterocycles. The van der Waals surface area contributed by atoms with Crippen molar-refractivity contribution >= 4 is 40.0 Å². The summed E-state index contributed by atoms with van der Waals surface area (Å²) in [6.45, 7) is 0. The fourth-order valence-corrected chi connectivity index (χ4v) is 14.4. The summed E-state index contributed by atoms with van der Waals surface area (Å²) in [4.78, 5) is 4.18. The van der Waals surface area contributed by atoms with E-state index in [1.165, 1.54) is 104 Å². The van der Waals surface area contributed by atoms with Crippen LogP contribution in [0, 0.1) is 5.92 Å². The predicted molar refractivity (Wildman–Crippen MR) is 264 cm³/mol. The third-order valence-electron chi connectivity index (χ3n) is 15.6. The van der Waals surface area contributed by atoms with E-state index in [9.17, 15) is 0 Å². The molecular weight excluding hydrogens is 779 g/mol. The van der Waals surface area contributed by atoms with E-state index in [1.807, 2.05) is 0 Å². The second-order valence-corrected chi connectivity index (χ2v) is 19.8. The van der Waals surface area contributed by atoms with E-state index in [0.717, 1.165) is 19.3 Å². The van der Waals surface area contributed by atoms with Crippen molar-refractivity contribution in [2.75, 3.05) is 4.90 Å². The number of hydrogen-bond donors (Lipinski definition) is 0. The molecule has 0 amide bonds. The summed E-state index contributed by atoms with van der Waals surface area (Å²) in [5.74, 6) is 1.63. The lowest BCUT2D eigenvalue weighted by Gasteiger charge is -2.39. The van der Waals surface area contributed by atoms with Gasteiger partial charge in [-0.3, -0.25) is 0 Å². The second-order valence-electron chi connectivity index (χ2n) is 18.7. The second kappa shape index (κ2) is 15.0. The lowest BCUT2D eigenvalue weighted by atomic mass is 9.63. The van der Waals surface area contributed by atoms with Gasteiger partial charge in [0.2, 0.25) is 0 Å². The zero-order valence-corrected chi connectivity index (χ0v) is 36.5. The molecule has 0 aliphatic heterocycles. The Labute approximate surface area is 375 Å². The van der Waals surface area contributed by atoms with Gasteiger partial charge in [0.1, 0.15) is 0 Å². The minimum absolute atomic E-state index is 0.281. The number of aryl methyl sites for hydroxylation is 1. The molecule has 6 aromatic carbocycles. The topological polar surface area (TPSA) is 3.24 Å². The average molecular weight is 830 g/mol. The van der Waals surface area contributed by atoms with Crippen LogP contribution in [0.1, 0.15) is 106 Å². The summed E-state index contributed by atoms with van der Waals surface area (Å²) in [5, 5.41) is 1.55. The Bertz CT molecular complexity index is 3160. The smallest absolute Gasteiger partial charge is 0.0530 e. The SMILES string of the molecule is C1=CCC(c2ccc(N(c3cccc(C4(c5ccccc5)c5ccccc5C5=c6sc7c(c6=CCC54)CCCC7)c3)c3ccc4c(c3)-c3ccccc3C3C=CCCC43)cc2)C=C1. The number of anilines is 3. The van der Waals surface area contributed by atoms with E-state index in [-0.39, 0.29) is 11.3 Å². The summed E-state index contributed by atoms with van der Waals surface area (Å²) in [6.07, 6.45) is 26.0. The quantitative estimate of drug-likeness (QED) is 0.151. The molecule has 7 aromatic rings. The number of thiophene rings is 1. The predicted octanol–water partition coefficient (Wildman–Crippen LogP) is 14.2. The van der Waals surface area contributed by atoms with E-state index in [2.05, 4.69) is 204 Å². The molecule has 63 heavy (non-hydrogen) atoms. The normalized spacial score (nSPS) is 23.3. The molecule has 5 unspecified atom stereocenters. The number of allylic oxidation sites excluding steroid dienone is 6. The lowest BCUT2D eigenvalue weighted by Crippen LogP contribution is -2.39. The highest BCUT2D eigenvalue weighted by molar-refractivity contribution is 7.10. The third-order valence-corrected chi connectivity index (χ3v) is 16.9. The van der Waals surface area contributed by atoms with E-state index in [0.29, 0.717) is 17.8 Å². The van der Waals surface area contributed by atoms with E-state index >= 15 is 0 Å². The Morgan fingerprint density at radius 2 is 1.38 bits per heavy atom. The first-order valence-electron chi connectivity index (χ1n) is 23.5. The van der Waals surface area contributed by atoms with Crippen molar-refractivity contribution < 1.29 is 0 Å². The summed E-state index contributed by atoms with van der Waals surface area (Å²) >= 11 is 2.11. The van der Waals surface area contributed by atoms with Crippen molar-refractivity contribution in [2.45, 2.75) is 74.5 Å². The molecule has 1 heterocycles. The molecular formula is C61H51NS. The maximum Gasteiger partial charge on any atom is 0.0530 e. The fraction of sp³-hybridized carbons (Fsp3) is 0.213. The van der Waals surface area contributed by atoms with E-state index in [1.54, 1.807) is 21.2 Å². The van der Waals surface area contributed by atoms with Gasteiger partial charge in [0.15, 0.2) is 0 Å². The Morgan fingerprint density at radius 1 is 0.587 bits per heavy atom. The van der Waals surface area contributed by atoms with Gasteiger partial charge in [-0.25, -0.2) is 0 Å². The molecule has 0 bridgehead atoms. The number of fused-ring (bicyclic) bond motifs is 12. The fourth-order valence-electron chi connectivity index (χ4n) is 12.9. The number of rotatable bonds is 6. The summed E-state index contributed by atoms with van der Waals surface area (Å²) < 4.78 is 1.54. The molecule has 13 rings (SSSR count). The highest BCUT2D eigenvalue weighted by Crippen LogP contribution is 2.59. The maximum atomic E-state index is 2.64. The number of benzene rings is 6. The van der Waals surface area contributed by atoms with Gasteiger partial charge in [-0.1, -0.05) is 152 Å². The summed E-state index contributed by atoms with van der Waals surface area (Å²) in [7, 11) is 0. The first-order valence-corrected chi connectivity index (χ1v) is 24.3. The Kier molecular flexibility index (Phi) is 8.87. The van der Waals surface area contributed by atoms with Gasteiger partial charge >= 0.3 is 0 Å². The van der Waals surface area contributed by atoms with Crippen LogP contribution in [0.5, 0.6) is 0 Å². The summed E-state index contributed by atoms with van der Waals surface area (Å²) in [6, 6.07) is 56.7. The van der Waals surface area contributed by atoms with Crippen molar-refractivity contribution in [2.24, 2.45) is 5.92 Å². The van der Waals surface area contributed by atoms with Gasteiger partial charge in [0.05, 0.1) is 5.41 Å². The van der Waals surface area contributed by atoms with Crippen LogP contribution in [0.2, 0.25) is 0 Å². The monoisotopic (exact) mass is 829 g/mol. The largest absolute Gasteiger partial charge is 0.310 e. The molecule has 0 radical (unpaired) electrons. The maximum absolute atomic E-state index is 2.64. The van der Waals surface area contributed by atoms with Gasteiger partial charge in [0, 0.05) is 44.2 Å². The van der Waals surface area contributed by atoms with E-state index in [4.69, 9.17) is 0 Å². The summed E-state index contributed by atoms with van der Waals surface area (Å²) in [5.41, 5.74) is 19.1. The highest BCUT2D eigenvalue weighted by atomic mass is 32.1. The van der Waals surface area contributed by atoms with Crippen LogP contribution in [-0.4, -0.2) is 0 Å². The lowest BCUT2D eigenvalue weighted by molar-refractivity contribution is 0.491. The molecule has 1 nitrogen and oxygen atoms in total. The van der Waals surface area contributed by atoms with Gasteiger partial charge in [-0.2, -0.15) is 0 Å². The van der Waals surface area contributed by atoms with Crippen LogP contribution >= 0.6 is 11.3 Å². The molecule has 0 N–H and O–H groups in total. The third kappa shape index (κ3) is 5.73. The zero-order chi connectivity index (χ0) is 41.5. The first kappa shape index (κ1) is 37.3. The van der Waals surface area contributed by atoms with Crippen LogP contribution in [-0.2, 0) is 18.3 Å². The minimum Gasteiger partial charge on any atom is -0.310 e. The minimum atomic E-state index is -0.365. The molecule has 0 spiro atoms. The van der Waals surface area contributed by atoms with Gasteiger partial charge in [0.25, 0.3) is 0 Å². The van der Waals surface area contributed by atoms with Crippen molar-refractivity contribution in [3.63, 3.8) is 0 Å². The van der Waals surface area contributed by atoms with Gasteiger partial charge in [-0.05, 0) is 160 Å². The zero-order valence-electron chi connectivity index (χ0n) is 35.7. The highest BCUT2D eigenvalue weighted by Gasteiger charge is 2.52. The van der Waals surface area contributed by atoms with Gasteiger partial charge < -0.3 is 4.90 Å². The van der Waals surface area contributed by atoms with Crippen LogP contribution in [0.3, 0.4) is 0 Å². The van der Waals surface area contributed by atoms with Crippen LogP contribution in [0.15, 0.2) is 182 Å². The standard InChI is InChI=1S/C61H51NS/c1-3-16-40(17-4-1)41-30-32-44(33-31-41)62(46-34-35-51-49-24-8-7-22-47(49)48-23-9-10-25-50(48)55(51)39-46)45-21-15-20-43(38-45)61(42-18-5-2-6-19-42)56-28-13-11-27-54(56)59-57(61)37-36-53-52-26-12-14-29-58(52)63-60(53)59/h1-7,9-11,13,15-16,18-23,25,27-28,30-36,38-40,47,49,57H,8,12,14,17,24,26,29,37H2. The van der Waals surface area contributed by atoms with Crippen LogP contribution in [0.25, 0.3) is 22.8 Å². The average Bonchev–Trinajstić information content (AvgIpc) is 3.89. The molecule has 0 fully saturated rings. The van der Waals surface area contributed by atoms with Crippen LogP contribution in [0.4, 0.5) is 17.1 Å². The van der Waals surface area contributed by atoms with E-state index < -0.39 is 0 Å². The molecule has 0 saturated heterocycles. The van der Waals surface area contributed by atoms with Crippen molar-refractivity contribution in [1.82, 2.24) is 0 Å². The molecule has 6 aliphatic rings. The van der Waals surface area contributed by atoms with Gasteiger partial charge in [-0.15, -0.1) is 11.3 Å². The van der Waals surface area contributed by atoms with Crippen molar-refractivity contribution in [1.29, 1.82) is 0 Å². The molecule has 5 atom stereocenters.